The minimum atomic E-state index is 0.379. The summed E-state index contributed by atoms with van der Waals surface area (Å²) in [5.41, 5.74) is 0.379. The number of hydrogen-bond donors (Lipinski definition) is 1. The number of nitrogens with one attached hydrogen (secondary N) is 1. The van der Waals surface area contributed by atoms with Gasteiger partial charge in [-0.15, -0.1) is 11.3 Å². The van der Waals surface area contributed by atoms with E-state index in [1.165, 1.54) is 11.8 Å². The van der Waals surface area contributed by atoms with Crippen molar-refractivity contribution in [1.29, 1.82) is 0 Å². The molecule has 3 rings (SSSR count). The van der Waals surface area contributed by atoms with E-state index in [9.17, 15) is 0 Å². The van der Waals surface area contributed by atoms with Crippen molar-refractivity contribution in [3.63, 3.8) is 0 Å². The highest BCUT2D eigenvalue weighted by molar-refractivity contribution is 7.16. The van der Waals surface area contributed by atoms with Crippen LogP contribution in [0.5, 0.6) is 0 Å². The SMILES string of the molecule is CCCNc1nc(N2CCC(C)(C)C2)c2ccsc2n1. The van der Waals surface area contributed by atoms with Gasteiger partial charge >= 0.3 is 0 Å². The van der Waals surface area contributed by atoms with Crippen LogP contribution in [-0.2, 0) is 0 Å². The summed E-state index contributed by atoms with van der Waals surface area (Å²) < 4.78 is 0. The zero-order valence-corrected chi connectivity index (χ0v) is 13.3. The quantitative estimate of drug-likeness (QED) is 0.931. The molecule has 0 aromatic carbocycles. The average molecular weight is 290 g/mol. The maximum absolute atomic E-state index is 4.77. The summed E-state index contributed by atoms with van der Waals surface area (Å²) in [5, 5.41) is 6.61. The summed E-state index contributed by atoms with van der Waals surface area (Å²) in [7, 11) is 0. The number of hydrogen-bond acceptors (Lipinski definition) is 5. The molecule has 1 N–H and O–H groups in total. The Bertz CT molecular complexity index is 605. The van der Waals surface area contributed by atoms with Gasteiger partial charge in [0.1, 0.15) is 10.6 Å². The van der Waals surface area contributed by atoms with Crippen LogP contribution < -0.4 is 10.2 Å². The minimum Gasteiger partial charge on any atom is -0.355 e. The summed E-state index contributed by atoms with van der Waals surface area (Å²) in [6, 6.07) is 2.14. The Kier molecular flexibility index (Phi) is 3.54. The molecule has 0 atom stereocenters. The van der Waals surface area contributed by atoms with E-state index >= 15 is 0 Å². The van der Waals surface area contributed by atoms with Gasteiger partial charge in [-0.2, -0.15) is 4.98 Å². The highest BCUT2D eigenvalue weighted by Gasteiger charge is 2.31. The molecule has 0 saturated carbocycles. The Morgan fingerprint density at radius 2 is 2.25 bits per heavy atom. The molecule has 2 aromatic heterocycles. The highest BCUT2D eigenvalue weighted by atomic mass is 32.1. The van der Waals surface area contributed by atoms with E-state index in [0.717, 1.165) is 42.7 Å². The lowest BCUT2D eigenvalue weighted by atomic mass is 9.93. The van der Waals surface area contributed by atoms with Crippen LogP contribution in [0.2, 0.25) is 0 Å². The Balaban J connectivity index is 1.97. The van der Waals surface area contributed by atoms with Crippen molar-refractivity contribution in [2.75, 3.05) is 29.9 Å². The third-order valence-corrected chi connectivity index (χ3v) is 4.62. The first kappa shape index (κ1) is 13.6. The molecule has 4 nitrogen and oxygen atoms in total. The van der Waals surface area contributed by atoms with Crippen LogP contribution in [0.4, 0.5) is 11.8 Å². The van der Waals surface area contributed by atoms with Gasteiger partial charge in [-0.1, -0.05) is 20.8 Å². The Morgan fingerprint density at radius 3 is 2.95 bits per heavy atom. The topological polar surface area (TPSA) is 41.1 Å². The van der Waals surface area contributed by atoms with E-state index in [2.05, 4.69) is 47.4 Å². The fourth-order valence-electron chi connectivity index (χ4n) is 2.69. The lowest BCUT2D eigenvalue weighted by molar-refractivity contribution is 0.418. The van der Waals surface area contributed by atoms with Crippen molar-refractivity contribution >= 4 is 33.3 Å². The van der Waals surface area contributed by atoms with Gasteiger partial charge in [0.2, 0.25) is 5.95 Å². The molecular weight excluding hydrogens is 268 g/mol. The predicted octanol–water partition coefficient (Wildman–Crippen LogP) is 3.75. The average Bonchev–Trinajstić information content (AvgIpc) is 3.01. The van der Waals surface area contributed by atoms with Crippen LogP contribution >= 0.6 is 11.3 Å². The molecule has 0 amide bonds. The van der Waals surface area contributed by atoms with Crippen LogP contribution in [0.25, 0.3) is 10.2 Å². The first-order valence-corrected chi connectivity index (χ1v) is 8.21. The van der Waals surface area contributed by atoms with Crippen LogP contribution in [0.3, 0.4) is 0 Å². The Labute approximate surface area is 124 Å². The predicted molar refractivity (Wildman–Crippen MR) is 86.8 cm³/mol. The molecule has 1 aliphatic heterocycles. The van der Waals surface area contributed by atoms with Crippen molar-refractivity contribution in [1.82, 2.24) is 9.97 Å². The van der Waals surface area contributed by atoms with Gasteiger partial charge in [0.05, 0.1) is 5.39 Å². The van der Waals surface area contributed by atoms with Gasteiger partial charge in [-0.25, -0.2) is 4.98 Å². The van der Waals surface area contributed by atoms with Gasteiger partial charge in [0.15, 0.2) is 0 Å². The molecule has 20 heavy (non-hydrogen) atoms. The molecule has 3 heterocycles. The fourth-order valence-corrected chi connectivity index (χ4v) is 3.45. The van der Waals surface area contributed by atoms with Crippen LogP contribution in [-0.4, -0.2) is 29.6 Å². The molecule has 2 aromatic rings. The van der Waals surface area contributed by atoms with Gasteiger partial charge < -0.3 is 10.2 Å². The molecule has 1 fully saturated rings. The largest absolute Gasteiger partial charge is 0.355 e. The maximum Gasteiger partial charge on any atom is 0.226 e. The van der Waals surface area contributed by atoms with Gasteiger partial charge in [0, 0.05) is 19.6 Å². The van der Waals surface area contributed by atoms with Crippen LogP contribution in [0.1, 0.15) is 33.6 Å². The third-order valence-electron chi connectivity index (χ3n) is 3.81. The second-order valence-electron chi connectivity index (χ2n) is 6.27. The summed E-state index contributed by atoms with van der Waals surface area (Å²) in [6.45, 7) is 9.89. The second kappa shape index (κ2) is 5.20. The smallest absolute Gasteiger partial charge is 0.226 e. The van der Waals surface area contributed by atoms with Gasteiger partial charge in [-0.05, 0) is 29.7 Å². The summed E-state index contributed by atoms with van der Waals surface area (Å²) in [6.07, 6.45) is 2.30. The molecule has 1 aliphatic rings. The highest BCUT2D eigenvalue weighted by Crippen LogP contribution is 2.36. The number of nitrogens with zero attached hydrogens (tertiary/aromatic N) is 3. The monoisotopic (exact) mass is 290 g/mol. The zero-order chi connectivity index (χ0) is 14.2. The Hall–Kier alpha value is -1.36. The van der Waals surface area contributed by atoms with E-state index in [1.54, 1.807) is 11.3 Å². The Morgan fingerprint density at radius 1 is 1.40 bits per heavy atom. The van der Waals surface area contributed by atoms with E-state index in [0.29, 0.717) is 5.41 Å². The van der Waals surface area contributed by atoms with Crippen molar-refractivity contribution in [2.24, 2.45) is 5.41 Å². The molecule has 0 spiro atoms. The molecular formula is C15H22N4S. The second-order valence-corrected chi connectivity index (χ2v) is 7.17. The number of aromatic nitrogens is 2. The lowest BCUT2D eigenvalue weighted by Gasteiger charge is -2.21. The lowest BCUT2D eigenvalue weighted by Crippen LogP contribution is -2.24. The van der Waals surface area contributed by atoms with Crippen molar-refractivity contribution in [2.45, 2.75) is 33.6 Å². The molecule has 108 valence electrons. The van der Waals surface area contributed by atoms with Crippen molar-refractivity contribution in [3.8, 4) is 0 Å². The maximum atomic E-state index is 4.77. The van der Waals surface area contributed by atoms with E-state index in [4.69, 9.17) is 4.98 Å². The van der Waals surface area contributed by atoms with Gasteiger partial charge in [-0.3, -0.25) is 0 Å². The molecule has 0 aliphatic carbocycles. The molecule has 0 bridgehead atoms. The van der Waals surface area contributed by atoms with Crippen molar-refractivity contribution < 1.29 is 0 Å². The number of rotatable bonds is 4. The number of fused-ring (bicyclic) bond motifs is 1. The van der Waals surface area contributed by atoms with E-state index in [1.807, 2.05) is 0 Å². The van der Waals surface area contributed by atoms with Gasteiger partial charge in [0.25, 0.3) is 0 Å². The molecule has 1 saturated heterocycles. The normalized spacial score (nSPS) is 17.9. The summed E-state index contributed by atoms with van der Waals surface area (Å²) in [5.74, 6) is 1.86. The first-order valence-electron chi connectivity index (χ1n) is 7.33. The standard InChI is InChI=1S/C15H22N4S/c1-4-7-16-14-17-12(11-5-9-20-13(11)18-14)19-8-6-15(2,3)10-19/h5,9H,4,6-8,10H2,1-3H3,(H,16,17,18). The first-order chi connectivity index (χ1) is 9.59. The van der Waals surface area contributed by atoms with E-state index < -0.39 is 0 Å². The number of anilines is 2. The van der Waals surface area contributed by atoms with Crippen molar-refractivity contribution in [3.05, 3.63) is 11.4 Å². The molecule has 0 radical (unpaired) electrons. The molecule has 0 unspecified atom stereocenters. The van der Waals surface area contributed by atoms with E-state index in [-0.39, 0.29) is 0 Å². The number of thiophene rings is 1. The van der Waals surface area contributed by atoms with Crippen LogP contribution in [0.15, 0.2) is 11.4 Å². The van der Waals surface area contributed by atoms with Crippen LogP contribution in [0, 0.1) is 5.41 Å². The zero-order valence-electron chi connectivity index (χ0n) is 12.4. The summed E-state index contributed by atoms with van der Waals surface area (Å²) in [4.78, 5) is 12.9. The fraction of sp³-hybridized carbons (Fsp3) is 0.600. The molecule has 5 heteroatoms. The minimum absolute atomic E-state index is 0.379. The summed E-state index contributed by atoms with van der Waals surface area (Å²) >= 11 is 1.69. The third kappa shape index (κ3) is 2.59.